The molecule has 0 atom stereocenters. The molecular formula is C53H70ClFN2O15. The van der Waals surface area contributed by atoms with Crippen LogP contribution in [0, 0.1) is 0 Å². The minimum Gasteiger partial charge on any atom is -0.481 e. The Morgan fingerprint density at radius 3 is 1.15 bits per heavy atom. The lowest BCUT2D eigenvalue weighted by molar-refractivity contribution is -0.138. The Labute approximate surface area is 426 Å². The van der Waals surface area contributed by atoms with Crippen LogP contribution < -0.4 is 11.1 Å². The summed E-state index contributed by atoms with van der Waals surface area (Å²) in [7, 11) is 0. The fraction of sp³-hybridized carbons (Fsp3) is 0.472. The molecule has 0 radical (unpaired) electrons. The molecule has 0 saturated carbocycles. The zero-order valence-electron chi connectivity index (χ0n) is 41.0. The second-order valence-electron chi connectivity index (χ2n) is 15.8. The Bertz CT molecular complexity index is 2080. The van der Waals surface area contributed by atoms with E-state index in [1.54, 1.807) is 6.92 Å². The van der Waals surface area contributed by atoms with Crippen LogP contribution in [0.5, 0.6) is 0 Å². The number of nitrogens with two attached hydrogens (primary N) is 1. The van der Waals surface area contributed by atoms with Crippen molar-refractivity contribution in [3.63, 3.8) is 0 Å². The number of carbonyl (C=O) groups is 4. The minimum atomic E-state index is -0.880. The molecule has 0 bridgehead atoms. The summed E-state index contributed by atoms with van der Waals surface area (Å²) >= 11 is 5.25. The van der Waals surface area contributed by atoms with Gasteiger partial charge in [0.25, 0.3) is 0 Å². The number of hydrogen-bond acceptors (Lipinski definition) is 15. The van der Waals surface area contributed by atoms with E-state index in [0.717, 1.165) is 0 Å². The number of carboxylic acid groups (broad SMARTS) is 1. The number of carbonyl (C=O) groups excluding carboxylic acids is 3. The van der Waals surface area contributed by atoms with Crippen molar-refractivity contribution in [1.29, 1.82) is 0 Å². The van der Waals surface area contributed by atoms with E-state index in [2.05, 4.69) is 53.8 Å². The lowest BCUT2D eigenvalue weighted by atomic mass is 9.98. The van der Waals surface area contributed by atoms with Crippen LogP contribution in [0.25, 0.3) is 22.3 Å². The van der Waals surface area contributed by atoms with Crippen molar-refractivity contribution in [2.24, 2.45) is 5.73 Å². The minimum absolute atomic E-state index is 0. The summed E-state index contributed by atoms with van der Waals surface area (Å²) in [5.74, 6) is -0.620. The van der Waals surface area contributed by atoms with Crippen LogP contribution in [0.2, 0.25) is 0 Å². The molecule has 0 fully saturated rings. The molecule has 0 saturated heterocycles. The largest absolute Gasteiger partial charge is 0.481 e. The first-order valence-electron chi connectivity index (χ1n) is 23.8. The monoisotopic (exact) mass is 1030 g/mol. The molecular weight excluding hydrogens is 959 g/mol. The van der Waals surface area contributed by atoms with Crippen molar-refractivity contribution in [1.82, 2.24) is 5.32 Å². The molecule has 0 unspecified atom stereocenters. The van der Waals surface area contributed by atoms with Gasteiger partial charge in [-0.25, -0.2) is 9.59 Å². The fourth-order valence-electron chi connectivity index (χ4n) is 7.45. The first-order chi connectivity index (χ1) is 34.7. The van der Waals surface area contributed by atoms with Gasteiger partial charge in [0.05, 0.1) is 112 Å². The van der Waals surface area contributed by atoms with Gasteiger partial charge in [0.15, 0.2) is 0 Å². The highest BCUT2D eigenvalue weighted by atomic mass is 35.5. The van der Waals surface area contributed by atoms with E-state index in [4.69, 9.17) is 69.8 Å². The Morgan fingerprint density at radius 1 is 0.486 bits per heavy atom. The van der Waals surface area contributed by atoms with Gasteiger partial charge in [-0.05, 0) is 51.4 Å². The first-order valence-corrected chi connectivity index (χ1v) is 24.2. The highest BCUT2D eigenvalue weighted by molar-refractivity contribution is 6.61. The van der Waals surface area contributed by atoms with Gasteiger partial charge in [-0.2, -0.15) is 0 Å². The van der Waals surface area contributed by atoms with Gasteiger partial charge < -0.3 is 63.5 Å². The molecule has 4 aromatic carbocycles. The smallest absolute Gasteiger partial charge is 0.407 e. The standard InChI is InChI=1S/C26H33NO8.C15H11ClO2.C12H25NO5.FH/c28-25(29)9-11-31-13-15-33-17-18-34-16-14-32-12-10-27-26(30)35-19-24-22-7-3-1-5-20(22)21-6-2-4-8-23(21)24;16-15(17)18-9-14-12-7-3-1-5-10(12)11-6-2-4-8-13(11)14;1-12(14)2-4-15-6-8-17-10-11-18-9-7-16-5-3-13;/h1-8,24H,9-19H2,(H,27,30)(H,28,29);1-8,14H,9H2;2-11,13H2,1H3;1H. The number of ether oxygens (including phenoxy) is 10. The normalized spacial score (nSPS) is 11.9. The number of benzene rings is 4. The highest BCUT2D eigenvalue weighted by Gasteiger charge is 2.30. The predicted molar refractivity (Wildman–Crippen MR) is 270 cm³/mol. The Hall–Kier alpha value is -5.38. The van der Waals surface area contributed by atoms with E-state index in [-0.39, 0.29) is 48.6 Å². The number of amides is 1. The summed E-state index contributed by atoms with van der Waals surface area (Å²) in [4.78, 5) is 43.8. The fourth-order valence-corrected chi connectivity index (χ4v) is 7.51. The van der Waals surface area contributed by atoms with Crippen LogP contribution in [0.15, 0.2) is 97.1 Å². The van der Waals surface area contributed by atoms with Crippen molar-refractivity contribution in [2.75, 3.05) is 132 Å². The Morgan fingerprint density at radius 2 is 0.806 bits per heavy atom. The number of fused-ring (bicyclic) bond motifs is 6. The Kier molecular flexibility index (Phi) is 31.6. The summed E-state index contributed by atoms with van der Waals surface area (Å²) in [6.45, 7) is 10.2. The van der Waals surface area contributed by atoms with E-state index < -0.39 is 17.5 Å². The van der Waals surface area contributed by atoms with Crippen molar-refractivity contribution in [2.45, 2.75) is 31.6 Å². The predicted octanol–water partition coefficient (Wildman–Crippen LogP) is 7.38. The maximum Gasteiger partial charge on any atom is 0.407 e. The van der Waals surface area contributed by atoms with Crippen LogP contribution in [0.4, 0.5) is 14.3 Å². The van der Waals surface area contributed by atoms with E-state index in [9.17, 15) is 19.2 Å². The lowest BCUT2D eigenvalue weighted by Gasteiger charge is -2.14. The number of Topliss-reactive ketones (excluding diaryl/α,β-unsaturated/α-hetero) is 1. The second-order valence-corrected chi connectivity index (χ2v) is 16.1. The molecule has 2 aliphatic carbocycles. The third-order valence-corrected chi connectivity index (χ3v) is 10.8. The maximum absolute atomic E-state index is 12.1. The van der Waals surface area contributed by atoms with Crippen LogP contribution in [-0.2, 0) is 57.0 Å². The van der Waals surface area contributed by atoms with Gasteiger partial charge in [0, 0.05) is 42.9 Å². The van der Waals surface area contributed by atoms with Crippen LogP contribution >= 0.6 is 11.6 Å². The summed E-state index contributed by atoms with van der Waals surface area (Å²) < 4.78 is 52.6. The molecule has 4 N–H and O–H groups in total. The average molecular weight is 1030 g/mol. The SMILES string of the molecule is CC(=O)CCOCCOCCOCCOCCN.F.O=C(Cl)OCC1c2ccccc2-c2ccccc21.O=C(O)CCOCCOCCOCCOCCNC(=O)OCC1c2ccccc2-c2ccccc21. The Balaban J connectivity index is 0.000000312. The van der Waals surface area contributed by atoms with Crippen LogP contribution in [-0.4, -0.2) is 160 Å². The maximum atomic E-state index is 12.1. The molecule has 17 nitrogen and oxygen atoms in total. The summed E-state index contributed by atoms with van der Waals surface area (Å²) in [5.41, 5.74) is 14.1. The molecule has 6 rings (SSSR count). The van der Waals surface area contributed by atoms with Crippen molar-refractivity contribution >= 4 is 34.9 Å². The highest BCUT2D eigenvalue weighted by Crippen LogP contribution is 2.45. The molecule has 1 amide bonds. The number of rotatable bonds is 33. The van der Waals surface area contributed by atoms with Crippen molar-refractivity contribution in [3.8, 4) is 22.3 Å². The number of carboxylic acids is 1. The third kappa shape index (κ3) is 23.4. The van der Waals surface area contributed by atoms with Crippen molar-refractivity contribution in [3.05, 3.63) is 119 Å². The number of hydrogen-bond donors (Lipinski definition) is 3. The molecule has 72 heavy (non-hydrogen) atoms. The number of alkyl carbamates (subject to hydrolysis) is 1. The number of aliphatic carboxylic acids is 1. The van der Waals surface area contributed by atoms with Gasteiger partial charge in [0.2, 0.25) is 0 Å². The second kappa shape index (κ2) is 37.4. The molecule has 0 heterocycles. The van der Waals surface area contributed by atoms with E-state index >= 15 is 0 Å². The van der Waals surface area contributed by atoms with Crippen LogP contribution in [0.1, 0.15) is 53.9 Å². The van der Waals surface area contributed by atoms with E-state index in [1.165, 1.54) is 44.5 Å². The zero-order chi connectivity index (χ0) is 50.7. The molecule has 0 aromatic heterocycles. The molecule has 2 aliphatic rings. The number of ketones is 1. The lowest BCUT2D eigenvalue weighted by Crippen LogP contribution is -2.29. The number of halogens is 2. The van der Waals surface area contributed by atoms with Crippen LogP contribution in [0.3, 0.4) is 0 Å². The quantitative estimate of drug-likeness (QED) is 0.0313. The zero-order valence-corrected chi connectivity index (χ0v) is 41.7. The van der Waals surface area contributed by atoms with Gasteiger partial charge >= 0.3 is 17.5 Å². The van der Waals surface area contributed by atoms with Gasteiger partial charge in [0.1, 0.15) is 19.0 Å². The molecule has 0 aliphatic heterocycles. The molecule has 0 spiro atoms. The summed E-state index contributed by atoms with van der Waals surface area (Å²) in [6, 6.07) is 32.8. The van der Waals surface area contributed by atoms with E-state index in [0.29, 0.717) is 119 Å². The summed E-state index contributed by atoms with van der Waals surface area (Å²) in [5, 5.41) is 11.2. The third-order valence-electron chi connectivity index (χ3n) is 10.7. The number of nitrogens with one attached hydrogen (secondary N) is 1. The average Bonchev–Trinajstić information content (AvgIpc) is 3.87. The topological polar surface area (TPSA) is 219 Å². The molecule has 4 aromatic rings. The van der Waals surface area contributed by atoms with E-state index in [1.807, 2.05) is 48.5 Å². The molecule has 396 valence electrons. The first kappa shape index (κ1) is 60.9. The van der Waals surface area contributed by atoms with Gasteiger partial charge in [-0.3, -0.25) is 14.3 Å². The van der Waals surface area contributed by atoms with Gasteiger partial charge in [-0.15, -0.1) is 0 Å². The molecule has 19 heteroatoms. The van der Waals surface area contributed by atoms with Crippen molar-refractivity contribution < 1.29 is 76.4 Å². The summed E-state index contributed by atoms with van der Waals surface area (Å²) in [6.07, 6.45) is -0.00762. The van der Waals surface area contributed by atoms with Gasteiger partial charge in [-0.1, -0.05) is 97.1 Å².